The maximum absolute atomic E-state index is 17.6. The zero-order chi connectivity index (χ0) is 32.2. The Labute approximate surface area is 264 Å². The molecule has 4 N–H and O–H groups in total. The van der Waals surface area contributed by atoms with Gasteiger partial charge in [0.25, 0.3) is 0 Å². The SMILES string of the molecule is C[C@]1(c2ccc(Sc3ccc(N)cc3)cc2)O[C@H]2C[C@H]3[C@@H]4C[C@H](F)C5=CC(=O)C=C[C@]5(C)[C@@]4(F)[C@@H](O)C[C@]3(C)[C@@]2(C(=O)CO)O1. The van der Waals surface area contributed by atoms with Crippen molar-refractivity contribution < 1.29 is 38.1 Å². The second-order valence-electron chi connectivity index (χ2n) is 13.8. The number of Topliss-reactive ketones (excluding diaryl/α,β-unsaturated/α-hetero) is 1. The number of carbonyl (C=O) groups is 2. The number of hydrogen-bond donors (Lipinski definition) is 3. The van der Waals surface area contributed by atoms with E-state index >= 15 is 8.78 Å². The van der Waals surface area contributed by atoms with Gasteiger partial charge in [-0.3, -0.25) is 9.59 Å². The Kier molecular flexibility index (Phi) is 6.87. The number of anilines is 1. The Morgan fingerprint density at radius 2 is 1.69 bits per heavy atom. The second kappa shape index (κ2) is 10.1. The van der Waals surface area contributed by atoms with E-state index < -0.39 is 76.3 Å². The fourth-order valence-corrected chi connectivity index (χ4v) is 10.2. The maximum Gasteiger partial charge on any atom is 0.193 e. The molecule has 2 aromatic carbocycles. The molecule has 0 bridgehead atoms. The van der Waals surface area contributed by atoms with Gasteiger partial charge in [-0.05, 0) is 93.2 Å². The molecule has 10 atom stereocenters. The van der Waals surface area contributed by atoms with Crippen molar-refractivity contribution in [1.29, 1.82) is 0 Å². The van der Waals surface area contributed by atoms with Gasteiger partial charge in [0.2, 0.25) is 0 Å². The minimum Gasteiger partial charge on any atom is -0.399 e. The Morgan fingerprint density at radius 3 is 2.33 bits per heavy atom. The molecular formula is C35H37F2NO6S. The van der Waals surface area contributed by atoms with Crippen LogP contribution in [0.4, 0.5) is 14.5 Å². The lowest BCUT2D eigenvalue weighted by Gasteiger charge is -2.63. The van der Waals surface area contributed by atoms with Gasteiger partial charge in [0, 0.05) is 37.8 Å². The molecule has 0 radical (unpaired) electrons. The van der Waals surface area contributed by atoms with E-state index in [2.05, 4.69) is 0 Å². The van der Waals surface area contributed by atoms with Crippen LogP contribution in [-0.4, -0.2) is 58.0 Å². The van der Waals surface area contributed by atoms with Gasteiger partial charge in [-0.2, -0.15) is 0 Å². The summed E-state index contributed by atoms with van der Waals surface area (Å²) in [6.07, 6.45) is -0.560. The molecule has 0 aromatic heterocycles. The van der Waals surface area contributed by atoms with Crippen molar-refractivity contribution in [1.82, 2.24) is 0 Å². The number of ketones is 2. The number of fused-ring (bicyclic) bond motifs is 7. The summed E-state index contributed by atoms with van der Waals surface area (Å²) in [6, 6.07) is 15.1. The van der Waals surface area contributed by atoms with Crippen LogP contribution in [0.2, 0.25) is 0 Å². The topological polar surface area (TPSA) is 119 Å². The fourth-order valence-electron chi connectivity index (χ4n) is 9.39. The Bertz CT molecular complexity index is 1630. The number of halogens is 2. The molecule has 45 heavy (non-hydrogen) atoms. The molecule has 4 aliphatic carbocycles. The zero-order valence-corrected chi connectivity index (χ0v) is 26.2. The quantitative estimate of drug-likeness (QED) is 0.381. The third-order valence-electron chi connectivity index (χ3n) is 11.6. The summed E-state index contributed by atoms with van der Waals surface area (Å²) in [4.78, 5) is 28.0. The first kappa shape index (κ1) is 30.7. The molecule has 1 heterocycles. The number of alkyl halides is 2. The van der Waals surface area contributed by atoms with Crippen molar-refractivity contribution >= 4 is 29.0 Å². The molecule has 238 valence electrons. The van der Waals surface area contributed by atoms with Crippen LogP contribution in [0.25, 0.3) is 0 Å². The van der Waals surface area contributed by atoms with E-state index in [4.69, 9.17) is 15.2 Å². The number of rotatable bonds is 5. The van der Waals surface area contributed by atoms with Gasteiger partial charge in [-0.1, -0.05) is 36.9 Å². The van der Waals surface area contributed by atoms with Gasteiger partial charge < -0.3 is 25.4 Å². The summed E-state index contributed by atoms with van der Waals surface area (Å²) < 4.78 is 46.8. The van der Waals surface area contributed by atoms with Gasteiger partial charge in [0.05, 0.1) is 12.2 Å². The van der Waals surface area contributed by atoms with Crippen molar-refractivity contribution in [2.24, 2.45) is 22.7 Å². The highest BCUT2D eigenvalue weighted by atomic mass is 32.2. The normalized spacial score (nSPS) is 43.2. The molecule has 3 saturated carbocycles. The lowest BCUT2D eigenvalue weighted by atomic mass is 9.44. The third-order valence-corrected chi connectivity index (χ3v) is 12.6. The monoisotopic (exact) mass is 637 g/mol. The minimum absolute atomic E-state index is 0.0359. The molecule has 10 heteroatoms. The van der Waals surface area contributed by atoms with E-state index in [1.807, 2.05) is 48.5 Å². The predicted molar refractivity (Wildman–Crippen MR) is 164 cm³/mol. The van der Waals surface area contributed by atoms with E-state index in [-0.39, 0.29) is 24.8 Å². The Morgan fingerprint density at radius 1 is 1.04 bits per heavy atom. The van der Waals surface area contributed by atoms with Crippen LogP contribution in [0.3, 0.4) is 0 Å². The van der Waals surface area contributed by atoms with Crippen LogP contribution in [-0.2, 0) is 24.8 Å². The van der Waals surface area contributed by atoms with Crippen molar-refractivity contribution in [3.05, 3.63) is 77.9 Å². The van der Waals surface area contributed by atoms with Gasteiger partial charge in [0.1, 0.15) is 12.8 Å². The zero-order valence-electron chi connectivity index (χ0n) is 25.3. The molecule has 0 amide bonds. The van der Waals surface area contributed by atoms with Gasteiger partial charge in [-0.15, -0.1) is 0 Å². The molecule has 4 fully saturated rings. The summed E-state index contributed by atoms with van der Waals surface area (Å²) in [5, 5.41) is 22.0. The van der Waals surface area contributed by atoms with E-state index in [1.165, 1.54) is 19.1 Å². The fraction of sp³-hybridized carbons (Fsp3) is 0.486. The highest BCUT2D eigenvalue weighted by molar-refractivity contribution is 7.99. The van der Waals surface area contributed by atoms with Crippen LogP contribution in [0.15, 0.2) is 82.1 Å². The number of nitrogens with two attached hydrogens (primary N) is 1. The van der Waals surface area contributed by atoms with Crippen LogP contribution in [0, 0.1) is 22.7 Å². The number of benzene rings is 2. The molecule has 2 aromatic rings. The number of aliphatic hydroxyl groups is 2. The van der Waals surface area contributed by atoms with Gasteiger partial charge >= 0.3 is 0 Å². The first-order valence-corrected chi connectivity index (χ1v) is 16.2. The van der Waals surface area contributed by atoms with Crippen molar-refractivity contribution in [3.63, 3.8) is 0 Å². The maximum atomic E-state index is 17.6. The van der Waals surface area contributed by atoms with E-state index in [0.29, 0.717) is 11.3 Å². The number of aliphatic hydroxyl groups excluding tert-OH is 2. The molecule has 7 rings (SSSR count). The highest BCUT2D eigenvalue weighted by Crippen LogP contribution is 2.73. The smallest absolute Gasteiger partial charge is 0.193 e. The van der Waals surface area contributed by atoms with Gasteiger partial charge in [0.15, 0.2) is 28.6 Å². The van der Waals surface area contributed by atoms with Crippen molar-refractivity contribution in [3.8, 4) is 0 Å². The lowest BCUT2D eigenvalue weighted by molar-refractivity contribution is -0.256. The molecule has 7 nitrogen and oxygen atoms in total. The summed E-state index contributed by atoms with van der Waals surface area (Å²) in [5.74, 6) is -4.02. The third kappa shape index (κ3) is 4.02. The number of allylic oxidation sites excluding steroid dienone is 4. The first-order chi connectivity index (χ1) is 21.2. The summed E-state index contributed by atoms with van der Waals surface area (Å²) in [7, 11) is 0. The van der Waals surface area contributed by atoms with Crippen molar-refractivity contribution in [2.75, 3.05) is 12.3 Å². The molecule has 0 spiro atoms. The number of nitrogen functional groups attached to an aromatic ring is 1. The average Bonchev–Trinajstić information content (AvgIpc) is 3.45. The Balaban J connectivity index is 1.23. The predicted octanol–water partition coefficient (Wildman–Crippen LogP) is 5.24. The molecular weight excluding hydrogens is 600 g/mol. The average molecular weight is 638 g/mol. The van der Waals surface area contributed by atoms with Gasteiger partial charge in [-0.25, -0.2) is 8.78 Å². The number of ether oxygens (including phenoxy) is 2. The summed E-state index contributed by atoms with van der Waals surface area (Å²) in [6.45, 7) is 4.20. The molecule has 1 aliphatic heterocycles. The van der Waals surface area contributed by atoms with E-state index in [9.17, 15) is 19.8 Å². The molecule has 5 aliphatic rings. The largest absolute Gasteiger partial charge is 0.399 e. The second-order valence-corrected chi connectivity index (χ2v) is 14.9. The molecule has 0 unspecified atom stereocenters. The lowest BCUT2D eigenvalue weighted by Crippen LogP contribution is -2.71. The Hall–Kier alpha value is -2.89. The van der Waals surface area contributed by atoms with Crippen LogP contribution >= 0.6 is 11.8 Å². The number of carbonyl (C=O) groups excluding carboxylic acids is 2. The summed E-state index contributed by atoms with van der Waals surface area (Å²) in [5.41, 5.74) is 0.434. The standard InChI is InChI=1S/C35H37F2NO6S/c1-31-13-12-21(40)14-26(31)27(36)15-25-24-16-30-35(29(42)18-39,32(24,2)17-28(41)34(25,31)37)44-33(3,43-30)19-4-8-22(9-5-19)45-23-10-6-20(38)7-11-23/h4-14,24-25,27-28,30,39,41H,15-18,38H2,1-3H3/t24-,25-,27-,28-,30-,31-,32-,33-,34-,35-/m0/s1. The minimum atomic E-state index is -2.30. The summed E-state index contributed by atoms with van der Waals surface area (Å²) >= 11 is 1.56. The van der Waals surface area contributed by atoms with E-state index in [0.717, 1.165) is 15.9 Å². The van der Waals surface area contributed by atoms with Crippen LogP contribution in [0.1, 0.15) is 45.6 Å². The van der Waals surface area contributed by atoms with E-state index in [1.54, 1.807) is 25.6 Å². The number of hydrogen-bond acceptors (Lipinski definition) is 8. The molecule has 1 saturated heterocycles. The van der Waals surface area contributed by atoms with Crippen LogP contribution in [0.5, 0.6) is 0 Å². The first-order valence-electron chi connectivity index (χ1n) is 15.3. The van der Waals surface area contributed by atoms with Crippen LogP contribution < -0.4 is 5.73 Å². The van der Waals surface area contributed by atoms with Crippen molar-refractivity contribution in [2.45, 2.75) is 85.3 Å². The highest BCUT2D eigenvalue weighted by Gasteiger charge is 2.81.